The predicted octanol–water partition coefficient (Wildman–Crippen LogP) is 0.0469. The molecule has 5 nitrogen and oxygen atoms in total. The lowest BCUT2D eigenvalue weighted by Crippen LogP contribution is -2.55. The molecular formula is C13H25N3O2. The molecule has 0 aromatic carbocycles. The third-order valence-corrected chi connectivity index (χ3v) is 4.09. The molecule has 0 aliphatic carbocycles. The molecule has 0 radical (unpaired) electrons. The molecular weight excluding hydrogens is 230 g/mol. The fraction of sp³-hybridized carbons (Fsp3) is 0.923. The van der Waals surface area contributed by atoms with Crippen molar-refractivity contribution in [2.45, 2.75) is 37.8 Å². The lowest BCUT2D eigenvalue weighted by Gasteiger charge is -2.31. The van der Waals surface area contributed by atoms with Crippen molar-refractivity contribution in [3.05, 3.63) is 0 Å². The number of nitrogens with zero attached hydrogens (tertiary/aromatic N) is 2. The lowest BCUT2D eigenvalue weighted by molar-refractivity contribution is -0.147. The zero-order chi connectivity index (χ0) is 13.2. The Labute approximate surface area is 109 Å². The van der Waals surface area contributed by atoms with Crippen LogP contribution in [0, 0.1) is 0 Å². The van der Waals surface area contributed by atoms with E-state index >= 15 is 0 Å². The van der Waals surface area contributed by atoms with Crippen LogP contribution in [0.2, 0.25) is 0 Å². The maximum Gasteiger partial charge on any atom is 0.326 e. The molecule has 0 aromatic rings. The molecule has 18 heavy (non-hydrogen) atoms. The van der Waals surface area contributed by atoms with Crippen LogP contribution in [0.15, 0.2) is 0 Å². The van der Waals surface area contributed by atoms with E-state index in [1.165, 1.54) is 33.0 Å². The van der Waals surface area contributed by atoms with E-state index in [0.717, 1.165) is 19.5 Å². The van der Waals surface area contributed by atoms with E-state index in [1.54, 1.807) is 6.92 Å². The first-order chi connectivity index (χ1) is 8.53. The minimum absolute atomic E-state index is 0.324. The number of carbonyl (C=O) groups excluding carboxylic acids is 1. The number of methoxy groups -OCH3 is 1. The fourth-order valence-corrected chi connectivity index (χ4v) is 3.19. The number of fused-ring (bicyclic) bond motifs is 1. The molecule has 2 saturated heterocycles. The molecule has 2 N–H and O–H groups in total. The highest BCUT2D eigenvalue weighted by atomic mass is 16.5. The highest BCUT2D eigenvalue weighted by Crippen LogP contribution is 2.22. The number of hydrogen-bond acceptors (Lipinski definition) is 5. The van der Waals surface area contributed by atoms with Crippen molar-refractivity contribution in [1.82, 2.24) is 9.80 Å². The Hall–Kier alpha value is -0.650. The van der Waals surface area contributed by atoms with Crippen LogP contribution in [0.3, 0.4) is 0 Å². The molecule has 104 valence electrons. The van der Waals surface area contributed by atoms with E-state index < -0.39 is 5.54 Å². The molecule has 2 rings (SSSR count). The average molecular weight is 255 g/mol. The molecule has 0 spiro atoms. The number of esters is 1. The van der Waals surface area contributed by atoms with Crippen LogP contribution in [0.4, 0.5) is 0 Å². The molecule has 5 heteroatoms. The van der Waals surface area contributed by atoms with Crippen molar-refractivity contribution in [3.63, 3.8) is 0 Å². The number of ether oxygens (including phenoxy) is 1. The topological polar surface area (TPSA) is 58.8 Å². The van der Waals surface area contributed by atoms with Gasteiger partial charge in [0, 0.05) is 19.1 Å². The summed E-state index contributed by atoms with van der Waals surface area (Å²) in [6, 6.07) is 0.654. The Kier molecular flexibility index (Phi) is 4.25. The van der Waals surface area contributed by atoms with E-state index in [1.807, 2.05) is 0 Å². The largest absolute Gasteiger partial charge is 0.468 e. The van der Waals surface area contributed by atoms with Crippen LogP contribution in [-0.2, 0) is 9.53 Å². The van der Waals surface area contributed by atoms with Gasteiger partial charge >= 0.3 is 5.97 Å². The van der Waals surface area contributed by atoms with E-state index in [-0.39, 0.29) is 5.97 Å². The average Bonchev–Trinajstić information content (AvgIpc) is 2.67. The quantitative estimate of drug-likeness (QED) is 0.722. The molecule has 2 fully saturated rings. The molecule has 2 atom stereocenters. The van der Waals surface area contributed by atoms with Crippen LogP contribution < -0.4 is 5.73 Å². The Morgan fingerprint density at radius 1 is 1.39 bits per heavy atom. The summed E-state index contributed by atoms with van der Waals surface area (Å²) in [6.07, 6.45) is 3.74. The van der Waals surface area contributed by atoms with Crippen LogP contribution in [0.25, 0.3) is 0 Å². The van der Waals surface area contributed by atoms with Crippen molar-refractivity contribution < 1.29 is 9.53 Å². The molecule has 2 aliphatic heterocycles. The first kappa shape index (κ1) is 13.8. The summed E-state index contributed by atoms with van der Waals surface area (Å²) in [5, 5.41) is 0. The zero-order valence-electron chi connectivity index (χ0n) is 11.5. The van der Waals surface area contributed by atoms with Gasteiger partial charge in [0.25, 0.3) is 0 Å². The number of carbonyl (C=O) groups is 1. The normalized spacial score (nSPS) is 29.4. The Bertz CT molecular complexity index is 307. The van der Waals surface area contributed by atoms with Gasteiger partial charge in [-0.15, -0.1) is 0 Å². The monoisotopic (exact) mass is 255 g/mol. The van der Waals surface area contributed by atoms with Gasteiger partial charge in [-0.25, -0.2) is 0 Å². The molecule has 2 heterocycles. The van der Waals surface area contributed by atoms with Gasteiger partial charge in [0.05, 0.1) is 7.11 Å². The predicted molar refractivity (Wildman–Crippen MR) is 70.3 cm³/mol. The summed E-state index contributed by atoms with van der Waals surface area (Å²) in [6.45, 7) is 6.82. The van der Waals surface area contributed by atoms with Gasteiger partial charge in [-0.1, -0.05) is 0 Å². The van der Waals surface area contributed by atoms with Crippen molar-refractivity contribution in [3.8, 4) is 0 Å². The van der Waals surface area contributed by atoms with Crippen LogP contribution in [0.5, 0.6) is 0 Å². The van der Waals surface area contributed by atoms with Gasteiger partial charge in [0.15, 0.2) is 0 Å². The second-order valence-electron chi connectivity index (χ2n) is 5.83. The lowest BCUT2D eigenvalue weighted by atomic mass is 10.0. The molecule has 0 aromatic heterocycles. The van der Waals surface area contributed by atoms with Gasteiger partial charge in [0.2, 0.25) is 0 Å². The van der Waals surface area contributed by atoms with Gasteiger partial charge in [-0.2, -0.15) is 0 Å². The van der Waals surface area contributed by atoms with Crippen LogP contribution in [0.1, 0.15) is 26.2 Å². The Balaban J connectivity index is 1.94. The second kappa shape index (κ2) is 5.55. The smallest absolute Gasteiger partial charge is 0.326 e. The SMILES string of the molecule is COC(=O)C(C)(N)CN1CCCN2CCCC2C1. The first-order valence-electron chi connectivity index (χ1n) is 6.86. The number of nitrogens with two attached hydrogens (primary N) is 1. The van der Waals surface area contributed by atoms with Gasteiger partial charge < -0.3 is 10.5 Å². The highest BCUT2D eigenvalue weighted by molar-refractivity contribution is 5.80. The fourth-order valence-electron chi connectivity index (χ4n) is 3.19. The van der Waals surface area contributed by atoms with E-state index in [0.29, 0.717) is 12.6 Å². The summed E-state index contributed by atoms with van der Waals surface area (Å²) in [7, 11) is 1.40. The molecule has 0 bridgehead atoms. The zero-order valence-corrected chi connectivity index (χ0v) is 11.5. The summed E-state index contributed by atoms with van der Waals surface area (Å²) < 4.78 is 4.77. The summed E-state index contributed by atoms with van der Waals surface area (Å²) in [5.74, 6) is -0.324. The first-order valence-corrected chi connectivity index (χ1v) is 6.86. The number of hydrogen-bond donors (Lipinski definition) is 1. The third kappa shape index (κ3) is 3.02. The van der Waals surface area contributed by atoms with Crippen molar-refractivity contribution in [1.29, 1.82) is 0 Å². The Morgan fingerprint density at radius 2 is 2.11 bits per heavy atom. The molecule has 0 saturated carbocycles. The van der Waals surface area contributed by atoms with Gasteiger partial charge in [-0.3, -0.25) is 14.6 Å². The summed E-state index contributed by atoms with van der Waals surface area (Å²) >= 11 is 0. The van der Waals surface area contributed by atoms with E-state index in [4.69, 9.17) is 10.5 Å². The number of rotatable bonds is 3. The van der Waals surface area contributed by atoms with Gasteiger partial charge in [-0.05, 0) is 45.8 Å². The second-order valence-corrected chi connectivity index (χ2v) is 5.83. The van der Waals surface area contributed by atoms with Crippen molar-refractivity contribution in [2.75, 3.05) is 39.8 Å². The van der Waals surface area contributed by atoms with Crippen LogP contribution in [-0.4, -0.2) is 67.2 Å². The van der Waals surface area contributed by atoms with Crippen LogP contribution >= 0.6 is 0 Å². The van der Waals surface area contributed by atoms with Crippen molar-refractivity contribution in [2.24, 2.45) is 5.73 Å². The molecule has 0 amide bonds. The van der Waals surface area contributed by atoms with Gasteiger partial charge in [0.1, 0.15) is 5.54 Å². The highest BCUT2D eigenvalue weighted by Gasteiger charge is 2.35. The third-order valence-electron chi connectivity index (χ3n) is 4.09. The summed E-state index contributed by atoms with van der Waals surface area (Å²) in [5.41, 5.74) is 5.16. The minimum Gasteiger partial charge on any atom is -0.468 e. The maximum atomic E-state index is 11.6. The van der Waals surface area contributed by atoms with E-state index in [9.17, 15) is 4.79 Å². The molecule has 2 unspecified atom stereocenters. The van der Waals surface area contributed by atoms with E-state index in [2.05, 4.69) is 9.80 Å². The Morgan fingerprint density at radius 3 is 2.83 bits per heavy atom. The summed E-state index contributed by atoms with van der Waals surface area (Å²) in [4.78, 5) is 16.5. The standard InChI is InChI=1S/C13H25N3O2/c1-13(14,12(17)18-2)10-15-6-4-8-16-7-3-5-11(16)9-15/h11H,3-10,14H2,1-2H3. The van der Waals surface area contributed by atoms with Crippen molar-refractivity contribution >= 4 is 5.97 Å². The minimum atomic E-state index is -0.900. The molecule has 2 aliphatic rings. The maximum absolute atomic E-state index is 11.6.